The van der Waals surface area contributed by atoms with Gasteiger partial charge in [-0.15, -0.1) is 0 Å². The fourth-order valence-corrected chi connectivity index (χ4v) is 3.00. The number of nitrogens with zero attached hydrogens (tertiary/aromatic N) is 2. The predicted octanol–water partition coefficient (Wildman–Crippen LogP) is 2.41. The SMILES string of the molecule is COCCN1C(=O)C(O)=C(C(=O)c2ccco2)[C@H]1c1cccc([N+](=O)[O-])c1. The van der Waals surface area contributed by atoms with Crippen LogP contribution in [0, 0.1) is 10.1 Å². The number of ether oxygens (including phenoxy) is 1. The second-order valence-corrected chi connectivity index (χ2v) is 5.81. The second-order valence-electron chi connectivity index (χ2n) is 5.81. The Morgan fingerprint density at radius 1 is 1.37 bits per heavy atom. The van der Waals surface area contributed by atoms with Crippen molar-refractivity contribution in [2.24, 2.45) is 0 Å². The quantitative estimate of drug-likeness (QED) is 0.450. The zero-order chi connectivity index (χ0) is 19.6. The van der Waals surface area contributed by atoms with Crippen molar-refractivity contribution in [3.8, 4) is 0 Å². The Morgan fingerprint density at radius 2 is 2.15 bits per heavy atom. The number of aliphatic hydroxyl groups excluding tert-OH is 1. The van der Waals surface area contributed by atoms with Gasteiger partial charge in [0.15, 0.2) is 11.5 Å². The van der Waals surface area contributed by atoms with Crippen LogP contribution in [-0.4, -0.2) is 46.9 Å². The number of methoxy groups -OCH3 is 1. The Labute approximate surface area is 153 Å². The van der Waals surface area contributed by atoms with E-state index < -0.39 is 28.4 Å². The van der Waals surface area contributed by atoms with E-state index in [-0.39, 0.29) is 30.2 Å². The maximum absolute atomic E-state index is 12.8. The number of nitro benzene ring substituents is 1. The Kier molecular flexibility index (Phi) is 5.04. The number of aliphatic hydroxyl groups is 1. The lowest BCUT2D eigenvalue weighted by Gasteiger charge is -2.26. The first-order chi connectivity index (χ1) is 13.0. The summed E-state index contributed by atoms with van der Waals surface area (Å²) in [5.41, 5.74) is -0.0537. The fourth-order valence-electron chi connectivity index (χ4n) is 3.00. The minimum Gasteiger partial charge on any atom is -0.503 e. The summed E-state index contributed by atoms with van der Waals surface area (Å²) in [6.45, 7) is 0.244. The van der Waals surface area contributed by atoms with Crippen LogP contribution in [0.25, 0.3) is 0 Å². The highest BCUT2D eigenvalue weighted by Crippen LogP contribution is 2.39. The Balaban J connectivity index is 2.11. The highest BCUT2D eigenvalue weighted by Gasteiger charge is 2.44. The molecule has 0 unspecified atom stereocenters. The molecule has 2 heterocycles. The van der Waals surface area contributed by atoms with Crippen molar-refractivity contribution >= 4 is 17.4 Å². The standard InChI is InChI=1S/C18H16N2O7/c1-26-9-7-19-15(11-4-2-5-12(10-11)20(24)25)14(17(22)18(19)23)16(21)13-6-3-8-27-13/h2-6,8,10,15,22H,7,9H2,1H3/t15-/m1/s1. The van der Waals surface area contributed by atoms with E-state index in [1.807, 2.05) is 0 Å². The van der Waals surface area contributed by atoms with E-state index in [4.69, 9.17) is 9.15 Å². The first-order valence-electron chi connectivity index (χ1n) is 8.01. The van der Waals surface area contributed by atoms with Gasteiger partial charge in [0.25, 0.3) is 11.6 Å². The van der Waals surface area contributed by atoms with E-state index in [0.717, 1.165) is 0 Å². The van der Waals surface area contributed by atoms with Crippen LogP contribution in [-0.2, 0) is 9.53 Å². The Morgan fingerprint density at radius 3 is 2.78 bits per heavy atom. The lowest BCUT2D eigenvalue weighted by molar-refractivity contribution is -0.384. The number of carbonyl (C=O) groups excluding carboxylic acids is 2. The first kappa shape index (κ1) is 18.3. The van der Waals surface area contributed by atoms with E-state index in [1.165, 1.54) is 48.6 Å². The van der Waals surface area contributed by atoms with Gasteiger partial charge in [-0.1, -0.05) is 12.1 Å². The van der Waals surface area contributed by atoms with Gasteiger partial charge in [0.1, 0.15) is 0 Å². The summed E-state index contributed by atoms with van der Waals surface area (Å²) in [5.74, 6) is -2.17. The molecule has 0 spiro atoms. The molecule has 140 valence electrons. The molecule has 0 radical (unpaired) electrons. The molecule has 27 heavy (non-hydrogen) atoms. The van der Waals surface area contributed by atoms with Gasteiger partial charge in [-0.3, -0.25) is 19.7 Å². The van der Waals surface area contributed by atoms with E-state index >= 15 is 0 Å². The van der Waals surface area contributed by atoms with E-state index in [1.54, 1.807) is 6.07 Å². The minimum atomic E-state index is -0.995. The van der Waals surface area contributed by atoms with Crippen LogP contribution in [0.4, 0.5) is 5.69 Å². The number of furan rings is 1. The monoisotopic (exact) mass is 372 g/mol. The number of carbonyl (C=O) groups is 2. The zero-order valence-corrected chi connectivity index (χ0v) is 14.3. The molecule has 0 aliphatic carbocycles. The summed E-state index contributed by atoms with van der Waals surface area (Å²) in [5, 5.41) is 21.5. The van der Waals surface area contributed by atoms with Crippen LogP contribution in [0.1, 0.15) is 22.2 Å². The molecule has 1 aromatic heterocycles. The van der Waals surface area contributed by atoms with Crippen LogP contribution in [0.2, 0.25) is 0 Å². The lowest BCUT2D eigenvalue weighted by Crippen LogP contribution is -2.34. The van der Waals surface area contributed by atoms with Crippen molar-refractivity contribution < 1.29 is 28.8 Å². The number of Topliss-reactive ketones (excluding diaryl/α,β-unsaturated/α-hetero) is 1. The van der Waals surface area contributed by atoms with Gasteiger partial charge in [0, 0.05) is 25.8 Å². The molecule has 9 nitrogen and oxygen atoms in total. The van der Waals surface area contributed by atoms with Gasteiger partial charge in [0.05, 0.1) is 29.4 Å². The number of nitro groups is 1. The van der Waals surface area contributed by atoms with Crippen molar-refractivity contribution in [3.63, 3.8) is 0 Å². The number of hydrogen-bond donors (Lipinski definition) is 1. The zero-order valence-electron chi connectivity index (χ0n) is 14.3. The average molecular weight is 372 g/mol. The topological polar surface area (TPSA) is 123 Å². The Hall–Kier alpha value is -3.46. The summed E-state index contributed by atoms with van der Waals surface area (Å²) in [6.07, 6.45) is 1.30. The third kappa shape index (κ3) is 3.32. The molecule has 1 amide bonds. The number of non-ortho nitro benzene ring substituents is 1. The lowest BCUT2D eigenvalue weighted by atomic mass is 9.95. The molecule has 1 N–H and O–H groups in total. The molecule has 3 rings (SSSR count). The van der Waals surface area contributed by atoms with Crippen LogP contribution in [0.5, 0.6) is 0 Å². The molecule has 1 aliphatic heterocycles. The molecule has 1 aliphatic rings. The maximum Gasteiger partial charge on any atom is 0.290 e. The highest BCUT2D eigenvalue weighted by molar-refractivity contribution is 6.15. The van der Waals surface area contributed by atoms with Crippen molar-refractivity contribution in [1.29, 1.82) is 0 Å². The summed E-state index contributed by atoms with van der Waals surface area (Å²) in [4.78, 5) is 37.2. The number of hydrogen-bond acceptors (Lipinski definition) is 7. The molecular formula is C18H16N2O7. The highest BCUT2D eigenvalue weighted by atomic mass is 16.6. The van der Waals surface area contributed by atoms with E-state index in [9.17, 15) is 24.8 Å². The molecule has 1 aromatic carbocycles. The molecule has 9 heteroatoms. The Bertz CT molecular complexity index is 918. The molecule has 0 bridgehead atoms. The number of benzene rings is 1. The maximum atomic E-state index is 12.8. The van der Waals surface area contributed by atoms with Crippen LogP contribution < -0.4 is 0 Å². The van der Waals surface area contributed by atoms with Crippen LogP contribution >= 0.6 is 0 Å². The second kappa shape index (κ2) is 7.42. The van der Waals surface area contributed by atoms with Crippen molar-refractivity contribution in [2.45, 2.75) is 6.04 Å². The molecule has 2 aromatic rings. The fraction of sp³-hybridized carbons (Fsp3) is 0.222. The van der Waals surface area contributed by atoms with Gasteiger partial charge in [0.2, 0.25) is 5.78 Å². The minimum absolute atomic E-state index is 0.0478. The number of amides is 1. The molecule has 1 atom stereocenters. The van der Waals surface area contributed by atoms with E-state index in [0.29, 0.717) is 5.56 Å². The van der Waals surface area contributed by atoms with Crippen molar-refractivity contribution in [3.05, 3.63) is 75.4 Å². The van der Waals surface area contributed by atoms with Gasteiger partial charge < -0.3 is 19.2 Å². The third-order valence-electron chi connectivity index (χ3n) is 4.23. The van der Waals surface area contributed by atoms with Gasteiger partial charge in [-0.25, -0.2) is 0 Å². The molecular weight excluding hydrogens is 356 g/mol. The van der Waals surface area contributed by atoms with Crippen LogP contribution in [0.3, 0.4) is 0 Å². The van der Waals surface area contributed by atoms with Gasteiger partial charge in [-0.05, 0) is 17.7 Å². The number of rotatable bonds is 7. The summed E-state index contributed by atoms with van der Waals surface area (Å²) in [6, 6.07) is 7.51. The molecule has 0 saturated heterocycles. The normalized spacial score (nSPS) is 16.9. The van der Waals surface area contributed by atoms with Crippen molar-refractivity contribution in [1.82, 2.24) is 4.90 Å². The predicted molar refractivity (Wildman–Crippen MR) is 92.1 cm³/mol. The summed E-state index contributed by atoms with van der Waals surface area (Å²) < 4.78 is 10.1. The van der Waals surface area contributed by atoms with Crippen LogP contribution in [0.15, 0.2) is 58.4 Å². The first-order valence-corrected chi connectivity index (χ1v) is 8.01. The summed E-state index contributed by atoms with van der Waals surface area (Å²) in [7, 11) is 1.45. The molecule has 0 saturated carbocycles. The number of ketones is 1. The largest absolute Gasteiger partial charge is 0.503 e. The average Bonchev–Trinajstić information content (AvgIpc) is 3.28. The van der Waals surface area contributed by atoms with Gasteiger partial charge >= 0.3 is 0 Å². The van der Waals surface area contributed by atoms with Gasteiger partial charge in [-0.2, -0.15) is 0 Å². The van der Waals surface area contributed by atoms with E-state index in [2.05, 4.69) is 0 Å². The summed E-state index contributed by atoms with van der Waals surface area (Å²) >= 11 is 0. The smallest absolute Gasteiger partial charge is 0.290 e. The van der Waals surface area contributed by atoms with Crippen molar-refractivity contribution in [2.75, 3.05) is 20.3 Å². The third-order valence-corrected chi connectivity index (χ3v) is 4.23. The molecule has 0 fully saturated rings.